The molecule has 1 aromatic rings. The summed E-state index contributed by atoms with van der Waals surface area (Å²) in [6.07, 6.45) is 3.98. The highest BCUT2D eigenvalue weighted by Gasteiger charge is 2.35. The second-order valence-electron chi connectivity index (χ2n) is 6.86. The Morgan fingerprint density at radius 1 is 1.22 bits per heavy atom. The lowest BCUT2D eigenvalue weighted by Crippen LogP contribution is -2.48. The van der Waals surface area contributed by atoms with Gasteiger partial charge in [-0.25, -0.2) is 4.79 Å². The summed E-state index contributed by atoms with van der Waals surface area (Å²) in [5.74, 6) is 0.439. The van der Waals surface area contributed by atoms with Crippen LogP contribution < -0.4 is 11.1 Å². The van der Waals surface area contributed by atoms with Gasteiger partial charge in [0.15, 0.2) is 0 Å². The maximum atomic E-state index is 12.7. The van der Waals surface area contributed by atoms with Gasteiger partial charge in [-0.1, -0.05) is 29.8 Å². The number of amides is 3. The molecule has 0 spiro atoms. The van der Waals surface area contributed by atoms with Crippen molar-refractivity contribution in [3.63, 3.8) is 0 Å². The predicted octanol–water partition coefficient (Wildman–Crippen LogP) is 2.35. The number of nitrogens with zero attached hydrogens (tertiary/aromatic N) is 1. The Kier molecular flexibility index (Phi) is 4.55. The summed E-state index contributed by atoms with van der Waals surface area (Å²) in [6.45, 7) is 3.16. The van der Waals surface area contributed by atoms with Crippen LogP contribution in [0.15, 0.2) is 24.3 Å². The minimum absolute atomic E-state index is 0.0495. The molecule has 0 radical (unpaired) electrons. The average molecular weight is 315 g/mol. The fourth-order valence-corrected chi connectivity index (χ4v) is 3.34. The standard InChI is InChI=1S/C18H25N3O2/c1-12-4-6-13(7-5-12)16(14-8-9-14)20-17(22)15-3-2-10-21(11-15)18(19)23/h4-7,14-16H,2-3,8-11H2,1H3,(H2,19,23)(H,20,22)/t15-,16-/m1/s1. The van der Waals surface area contributed by atoms with Crippen molar-refractivity contribution in [1.82, 2.24) is 10.2 Å². The predicted molar refractivity (Wildman–Crippen MR) is 88.7 cm³/mol. The number of hydrogen-bond donors (Lipinski definition) is 2. The summed E-state index contributed by atoms with van der Waals surface area (Å²) in [6, 6.07) is 8.05. The summed E-state index contributed by atoms with van der Waals surface area (Å²) in [5.41, 5.74) is 7.75. The second-order valence-corrected chi connectivity index (χ2v) is 6.86. The van der Waals surface area contributed by atoms with Gasteiger partial charge >= 0.3 is 6.03 Å². The number of likely N-dealkylation sites (tertiary alicyclic amines) is 1. The van der Waals surface area contributed by atoms with Crippen LogP contribution in [0.5, 0.6) is 0 Å². The maximum absolute atomic E-state index is 12.7. The van der Waals surface area contributed by atoms with E-state index in [-0.39, 0.29) is 17.9 Å². The summed E-state index contributed by atoms with van der Waals surface area (Å²) >= 11 is 0. The largest absolute Gasteiger partial charge is 0.351 e. The van der Waals surface area contributed by atoms with Crippen LogP contribution in [0, 0.1) is 18.8 Å². The third-order valence-electron chi connectivity index (χ3n) is 4.93. The molecular weight excluding hydrogens is 290 g/mol. The highest BCUT2D eigenvalue weighted by molar-refractivity contribution is 5.81. The van der Waals surface area contributed by atoms with Crippen LogP contribution in [-0.4, -0.2) is 29.9 Å². The van der Waals surface area contributed by atoms with E-state index in [1.54, 1.807) is 4.90 Å². The number of aryl methyl sites for hydroxylation is 1. The van der Waals surface area contributed by atoms with Gasteiger partial charge in [0.2, 0.25) is 5.91 Å². The van der Waals surface area contributed by atoms with Gasteiger partial charge in [0, 0.05) is 13.1 Å². The van der Waals surface area contributed by atoms with Crippen molar-refractivity contribution in [2.45, 2.75) is 38.6 Å². The molecule has 2 aliphatic rings. The van der Waals surface area contributed by atoms with E-state index in [9.17, 15) is 9.59 Å². The molecule has 124 valence electrons. The summed E-state index contributed by atoms with van der Waals surface area (Å²) in [7, 11) is 0. The molecule has 0 aromatic heterocycles. The van der Waals surface area contributed by atoms with E-state index in [0.29, 0.717) is 19.0 Å². The van der Waals surface area contributed by atoms with Gasteiger partial charge in [-0.2, -0.15) is 0 Å². The normalized spacial score (nSPS) is 22.5. The Morgan fingerprint density at radius 3 is 2.52 bits per heavy atom. The number of carbonyl (C=O) groups is 2. The van der Waals surface area contributed by atoms with Crippen LogP contribution in [0.4, 0.5) is 4.79 Å². The molecule has 5 heteroatoms. The van der Waals surface area contributed by atoms with E-state index >= 15 is 0 Å². The molecule has 3 N–H and O–H groups in total. The van der Waals surface area contributed by atoms with Crippen molar-refractivity contribution in [2.24, 2.45) is 17.6 Å². The highest BCUT2D eigenvalue weighted by Crippen LogP contribution is 2.41. The zero-order valence-corrected chi connectivity index (χ0v) is 13.6. The summed E-state index contributed by atoms with van der Waals surface area (Å²) < 4.78 is 0. The quantitative estimate of drug-likeness (QED) is 0.895. The molecule has 1 saturated heterocycles. The van der Waals surface area contributed by atoms with E-state index in [1.165, 1.54) is 11.1 Å². The number of benzene rings is 1. The second kappa shape index (κ2) is 6.60. The fourth-order valence-electron chi connectivity index (χ4n) is 3.34. The topological polar surface area (TPSA) is 75.4 Å². The average Bonchev–Trinajstić information content (AvgIpc) is 3.38. The van der Waals surface area contributed by atoms with Gasteiger partial charge in [0.25, 0.3) is 0 Å². The minimum atomic E-state index is -0.431. The number of hydrogen-bond acceptors (Lipinski definition) is 2. The Bertz CT molecular complexity index is 580. The zero-order chi connectivity index (χ0) is 16.4. The van der Waals surface area contributed by atoms with Gasteiger partial charge in [-0.3, -0.25) is 4.79 Å². The summed E-state index contributed by atoms with van der Waals surface area (Å²) in [5, 5.41) is 3.23. The first kappa shape index (κ1) is 15.8. The number of primary amides is 1. The van der Waals surface area contributed by atoms with Crippen molar-refractivity contribution in [3.8, 4) is 0 Å². The molecule has 3 rings (SSSR count). The Morgan fingerprint density at radius 2 is 1.91 bits per heavy atom. The molecule has 2 fully saturated rings. The number of nitrogens with two attached hydrogens (primary N) is 1. The first-order valence-electron chi connectivity index (χ1n) is 8.46. The van der Waals surface area contributed by atoms with Crippen molar-refractivity contribution in [3.05, 3.63) is 35.4 Å². The molecule has 1 aromatic carbocycles. The fraction of sp³-hybridized carbons (Fsp3) is 0.556. The molecule has 23 heavy (non-hydrogen) atoms. The molecule has 5 nitrogen and oxygen atoms in total. The number of nitrogens with one attached hydrogen (secondary N) is 1. The van der Waals surface area contributed by atoms with E-state index in [0.717, 1.165) is 25.7 Å². The Hall–Kier alpha value is -2.04. The molecule has 0 bridgehead atoms. The van der Waals surface area contributed by atoms with Gasteiger partial charge in [-0.05, 0) is 44.1 Å². The maximum Gasteiger partial charge on any atom is 0.314 e. The number of urea groups is 1. The summed E-state index contributed by atoms with van der Waals surface area (Å²) in [4.78, 5) is 25.6. The number of carbonyl (C=O) groups excluding carboxylic acids is 2. The lowest BCUT2D eigenvalue weighted by Gasteiger charge is -2.32. The van der Waals surface area contributed by atoms with Crippen molar-refractivity contribution in [1.29, 1.82) is 0 Å². The SMILES string of the molecule is Cc1ccc([C@@H](NC(=O)[C@@H]2CCCN(C(N)=O)C2)C2CC2)cc1. The first-order chi connectivity index (χ1) is 11.0. The van der Waals surface area contributed by atoms with Crippen LogP contribution >= 0.6 is 0 Å². The van der Waals surface area contributed by atoms with Crippen LogP contribution in [0.2, 0.25) is 0 Å². The van der Waals surface area contributed by atoms with Gasteiger partial charge in [0.05, 0.1) is 12.0 Å². The Balaban J connectivity index is 1.66. The molecule has 1 aliphatic heterocycles. The molecule has 1 aliphatic carbocycles. The lowest BCUT2D eigenvalue weighted by atomic mass is 9.95. The van der Waals surface area contributed by atoms with Crippen LogP contribution in [0.1, 0.15) is 42.9 Å². The van der Waals surface area contributed by atoms with Gasteiger partial charge < -0.3 is 16.0 Å². The zero-order valence-electron chi connectivity index (χ0n) is 13.6. The molecule has 3 amide bonds. The number of rotatable bonds is 4. The van der Waals surface area contributed by atoms with Crippen LogP contribution in [0.3, 0.4) is 0 Å². The number of piperidine rings is 1. The third-order valence-corrected chi connectivity index (χ3v) is 4.93. The molecule has 2 atom stereocenters. The van der Waals surface area contributed by atoms with Crippen LogP contribution in [0.25, 0.3) is 0 Å². The molecule has 1 heterocycles. The smallest absolute Gasteiger partial charge is 0.314 e. The highest BCUT2D eigenvalue weighted by atomic mass is 16.2. The third kappa shape index (κ3) is 3.84. The van der Waals surface area contributed by atoms with Gasteiger partial charge in [0.1, 0.15) is 0 Å². The molecule has 0 unspecified atom stereocenters. The van der Waals surface area contributed by atoms with E-state index in [1.807, 2.05) is 0 Å². The van der Waals surface area contributed by atoms with Crippen molar-refractivity contribution >= 4 is 11.9 Å². The minimum Gasteiger partial charge on any atom is -0.351 e. The van der Waals surface area contributed by atoms with Crippen LogP contribution in [-0.2, 0) is 4.79 Å². The van der Waals surface area contributed by atoms with Crippen molar-refractivity contribution in [2.75, 3.05) is 13.1 Å². The monoisotopic (exact) mass is 315 g/mol. The van der Waals surface area contributed by atoms with E-state index in [4.69, 9.17) is 5.73 Å². The molecule has 1 saturated carbocycles. The van der Waals surface area contributed by atoms with Gasteiger partial charge in [-0.15, -0.1) is 0 Å². The Labute approximate surface area is 137 Å². The van der Waals surface area contributed by atoms with E-state index < -0.39 is 6.03 Å². The first-order valence-corrected chi connectivity index (χ1v) is 8.46. The lowest BCUT2D eigenvalue weighted by molar-refractivity contribution is -0.127. The van der Waals surface area contributed by atoms with Crippen molar-refractivity contribution < 1.29 is 9.59 Å². The molecular formula is C18H25N3O2. The van der Waals surface area contributed by atoms with E-state index in [2.05, 4.69) is 36.5 Å².